The number of nitrogens with zero attached hydrogens (tertiary/aromatic N) is 7. The molecule has 1 aliphatic heterocycles. The van der Waals surface area contributed by atoms with Gasteiger partial charge in [-0.05, 0) is 30.6 Å². The van der Waals surface area contributed by atoms with Gasteiger partial charge in [0.05, 0.1) is 23.6 Å². The molecule has 1 unspecified atom stereocenters. The Morgan fingerprint density at radius 2 is 2.19 bits per heavy atom. The highest BCUT2D eigenvalue weighted by atomic mass is 16.6. The largest absolute Gasteiger partial charge is 0.380 e. The van der Waals surface area contributed by atoms with Crippen LogP contribution in [-0.4, -0.2) is 52.3 Å². The second-order valence-corrected chi connectivity index (χ2v) is 6.34. The molecule has 0 saturated heterocycles. The second-order valence-electron chi connectivity index (χ2n) is 6.34. The van der Waals surface area contributed by atoms with Gasteiger partial charge in [-0.1, -0.05) is 5.16 Å². The molecule has 10 heteroatoms. The van der Waals surface area contributed by atoms with Crippen molar-refractivity contribution in [1.29, 1.82) is 0 Å². The molecule has 4 heterocycles. The molecule has 1 atom stereocenters. The molecule has 4 rings (SSSR count). The van der Waals surface area contributed by atoms with Crippen LogP contribution < -0.4 is 0 Å². The van der Waals surface area contributed by atoms with Crippen LogP contribution in [0.15, 0.2) is 23.0 Å². The monoisotopic (exact) mass is 357 g/mol. The van der Waals surface area contributed by atoms with Crippen LogP contribution >= 0.6 is 0 Å². The number of carbonyl (C=O) groups is 1. The zero-order chi connectivity index (χ0) is 18.3. The average Bonchev–Trinajstić information content (AvgIpc) is 3.31. The van der Waals surface area contributed by atoms with E-state index >= 15 is 0 Å². The fourth-order valence-corrected chi connectivity index (χ4v) is 3.17. The first kappa shape index (κ1) is 16.5. The summed E-state index contributed by atoms with van der Waals surface area (Å²) in [4.78, 5) is 14.4. The van der Waals surface area contributed by atoms with Gasteiger partial charge in [-0.25, -0.2) is 4.63 Å². The van der Waals surface area contributed by atoms with Crippen molar-refractivity contribution in [2.75, 3.05) is 6.54 Å². The summed E-state index contributed by atoms with van der Waals surface area (Å²) in [7, 11) is 1.77. The maximum Gasteiger partial charge on any atom is 0.278 e. The predicted molar refractivity (Wildman–Crippen MR) is 87.9 cm³/mol. The van der Waals surface area contributed by atoms with Gasteiger partial charge in [0, 0.05) is 26.3 Å². The summed E-state index contributed by atoms with van der Waals surface area (Å²) in [5, 5.41) is 26.6. The van der Waals surface area contributed by atoms with Crippen molar-refractivity contribution >= 4 is 5.91 Å². The van der Waals surface area contributed by atoms with Crippen LogP contribution in [0, 0.1) is 6.92 Å². The average molecular weight is 357 g/mol. The summed E-state index contributed by atoms with van der Waals surface area (Å²) in [6.07, 6.45) is 1.52. The predicted octanol–water partition coefficient (Wildman–Crippen LogP) is 0.436. The number of aryl methyl sites for hydroxylation is 3. The lowest BCUT2D eigenvalue weighted by molar-refractivity contribution is 0.0734. The number of amides is 1. The molecule has 3 aromatic heterocycles. The standard InChI is InChI=1S/C16H19N7O3/c1-10-14(20-26-19-10)16(25)22-6-3-7-23-11(9-22)8-12(18-23)15(24)13-4-5-17-21(13)2/h4-5,8,15,24H,3,6-7,9H2,1-2H3. The van der Waals surface area contributed by atoms with Crippen molar-refractivity contribution < 1.29 is 14.5 Å². The molecule has 3 aromatic rings. The van der Waals surface area contributed by atoms with Crippen molar-refractivity contribution in [3.05, 3.63) is 46.8 Å². The summed E-state index contributed by atoms with van der Waals surface area (Å²) in [5.41, 5.74) is 2.77. The number of aliphatic hydroxyl groups is 1. The fourth-order valence-electron chi connectivity index (χ4n) is 3.17. The van der Waals surface area contributed by atoms with E-state index in [2.05, 4.69) is 25.1 Å². The third kappa shape index (κ3) is 2.77. The Morgan fingerprint density at radius 3 is 2.88 bits per heavy atom. The van der Waals surface area contributed by atoms with E-state index in [9.17, 15) is 9.90 Å². The molecule has 26 heavy (non-hydrogen) atoms. The van der Waals surface area contributed by atoms with Crippen LogP contribution in [0.2, 0.25) is 0 Å². The highest BCUT2D eigenvalue weighted by Gasteiger charge is 2.27. The zero-order valence-electron chi connectivity index (χ0n) is 14.5. The van der Waals surface area contributed by atoms with E-state index in [1.54, 1.807) is 35.8 Å². The summed E-state index contributed by atoms with van der Waals surface area (Å²) >= 11 is 0. The molecule has 136 valence electrons. The van der Waals surface area contributed by atoms with Gasteiger partial charge in [0.25, 0.3) is 5.91 Å². The molecule has 10 nitrogen and oxygen atoms in total. The molecule has 1 aliphatic rings. The Bertz CT molecular complexity index is 941. The quantitative estimate of drug-likeness (QED) is 0.723. The molecular weight excluding hydrogens is 338 g/mol. The van der Waals surface area contributed by atoms with E-state index in [-0.39, 0.29) is 11.6 Å². The van der Waals surface area contributed by atoms with Crippen molar-refractivity contribution in [3.8, 4) is 0 Å². The first-order valence-corrected chi connectivity index (χ1v) is 8.35. The summed E-state index contributed by atoms with van der Waals surface area (Å²) in [6.45, 7) is 3.34. The number of rotatable bonds is 3. The van der Waals surface area contributed by atoms with Gasteiger partial charge in [-0.3, -0.25) is 14.2 Å². The topological polar surface area (TPSA) is 115 Å². The van der Waals surface area contributed by atoms with Gasteiger partial charge >= 0.3 is 0 Å². The van der Waals surface area contributed by atoms with Crippen LogP contribution in [-0.2, 0) is 20.1 Å². The number of carbonyl (C=O) groups excluding carboxylic acids is 1. The van der Waals surface area contributed by atoms with Crippen LogP contribution in [0.3, 0.4) is 0 Å². The Morgan fingerprint density at radius 1 is 1.35 bits per heavy atom. The number of fused-ring (bicyclic) bond motifs is 1. The first-order valence-electron chi connectivity index (χ1n) is 8.35. The highest BCUT2D eigenvalue weighted by Crippen LogP contribution is 2.23. The maximum atomic E-state index is 12.7. The van der Waals surface area contributed by atoms with Crippen LogP contribution in [0.5, 0.6) is 0 Å². The first-order chi connectivity index (χ1) is 12.5. The molecular formula is C16H19N7O3. The van der Waals surface area contributed by atoms with Gasteiger partial charge < -0.3 is 10.0 Å². The number of hydrogen-bond donors (Lipinski definition) is 1. The highest BCUT2D eigenvalue weighted by molar-refractivity contribution is 5.93. The minimum atomic E-state index is -0.868. The van der Waals surface area contributed by atoms with Crippen molar-refractivity contribution in [1.82, 2.24) is 34.8 Å². The third-order valence-corrected chi connectivity index (χ3v) is 4.59. The van der Waals surface area contributed by atoms with Gasteiger partial charge in [-0.15, -0.1) is 0 Å². The SMILES string of the molecule is Cc1nonc1C(=O)N1CCCn2nc(C(O)c3ccnn3C)cc2C1. The molecule has 0 fully saturated rings. The lowest BCUT2D eigenvalue weighted by atomic mass is 10.1. The molecule has 0 radical (unpaired) electrons. The fraction of sp³-hybridized carbons (Fsp3) is 0.438. The van der Waals surface area contributed by atoms with Gasteiger partial charge in [0.15, 0.2) is 5.69 Å². The molecule has 0 spiro atoms. The molecule has 1 amide bonds. The summed E-state index contributed by atoms with van der Waals surface area (Å²) in [5.74, 6) is -0.216. The van der Waals surface area contributed by atoms with Crippen molar-refractivity contribution in [2.24, 2.45) is 7.05 Å². The Balaban J connectivity index is 1.59. The normalized spacial score (nSPS) is 15.6. The molecule has 0 aromatic carbocycles. The zero-order valence-corrected chi connectivity index (χ0v) is 14.5. The lowest BCUT2D eigenvalue weighted by Gasteiger charge is -2.18. The van der Waals surface area contributed by atoms with E-state index in [0.717, 1.165) is 12.1 Å². The van der Waals surface area contributed by atoms with Gasteiger partial charge in [0.1, 0.15) is 11.8 Å². The van der Waals surface area contributed by atoms with E-state index in [1.165, 1.54) is 0 Å². The van der Waals surface area contributed by atoms with Crippen LogP contribution in [0.25, 0.3) is 0 Å². The van der Waals surface area contributed by atoms with Crippen molar-refractivity contribution in [2.45, 2.75) is 32.5 Å². The molecule has 1 N–H and O–H groups in total. The number of aliphatic hydroxyl groups excluding tert-OH is 1. The Hall–Kier alpha value is -3.01. The number of aromatic nitrogens is 6. The number of hydrogen-bond acceptors (Lipinski definition) is 7. The van der Waals surface area contributed by atoms with Crippen LogP contribution in [0.1, 0.15) is 45.8 Å². The van der Waals surface area contributed by atoms with Gasteiger partial charge in [-0.2, -0.15) is 10.2 Å². The lowest BCUT2D eigenvalue weighted by Crippen LogP contribution is -2.31. The Kier molecular flexibility index (Phi) is 4.03. The minimum Gasteiger partial charge on any atom is -0.380 e. The van der Waals surface area contributed by atoms with E-state index in [0.29, 0.717) is 36.7 Å². The second kappa shape index (κ2) is 6.37. The smallest absolute Gasteiger partial charge is 0.278 e. The van der Waals surface area contributed by atoms with Crippen molar-refractivity contribution in [3.63, 3.8) is 0 Å². The van der Waals surface area contributed by atoms with Crippen LogP contribution in [0.4, 0.5) is 0 Å². The van der Waals surface area contributed by atoms with E-state index < -0.39 is 6.10 Å². The maximum absolute atomic E-state index is 12.7. The Labute approximate surface area is 149 Å². The van der Waals surface area contributed by atoms with E-state index in [1.807, 2.05) is 10.7 Å². The van der Waals surface area contributed by atoms with Gasteiger partial charge in [0.2, 0.25) is 0 Å². The third-order valence-electron chi connectivity index (χ3n) is 4.59. The minimum absolute atomic E-state index is 0.216. The molecule has 0 saturated carbocycles. The summed E-state index contributed by atoms with van der Waals surface area (Å²) in [6, 6.07) is 3.59. The molecule has 0 aliphatic carbocycles. The van der Waals surface area contributed by atoms with E-state index in [4.69, 9.17) is 0 Å². The molecule has 0 bridgehead atoms. The summed E-state index contributed by atoms with van der Waals surface area (Å²) < 4.78 is 8.10.